The number of pyridine rings is 1. The minimum absolute atomic E-state index is 0.0367. The molecule has 0 radical (unpaired) electrons. The molecule has 0 spiro atoms. The van der Waals surface area contributed by atoms with Gasteiger partial charge in [0.15, 0.2) is 5.69 Å². The number of carbonyl (C=O) groups is 8. The normalized spacial score (nSPS) is 17.9. The molecule has 72 heavy (non-hydrogen) atoms. The van der Waals surface area contributed by atoms with Gasteiger partial charge in [0.05, 0.1) is 35.8 Å². The van der Waals surface area contributed by atoms with E-state index in [1.165, 1.54) is 47.0 Å². The number of nitrogens with two attached hydrogens (primary N) is 1. The number of amides is 8. The molecule has 1 aliphatic heterocycles. The van der Waals surface area contributed by atoms with E-state index in [1.54, 1.807) is 13.2 Å². The smallest absolute Gasteiger partial charge is 0.275 e. The van der Waals surface area contributed by atoms with E-state index in [9.17, 15) is 43.5 Å². The fourth-order valence-electron chi connectivity index (χ4n) is 6.20. The monoisotopic (exact) mass is 1060 g/mol. The van der Waals surface area contributed by atoms with E-state index in [2.05, 4.69) is 86.9 Å². The standard InChI is InChI=1S/C43H40N14O11S4/c1-16(32(44)59)46-35(62)22-8-7-21-31(51-22)23-10-67-40(53-23)18(3)48-33(60)17(2)47-37(64)26-14-71-42(55-26)19(4)49-36(63)25-13-70-29(50-25)9-45-34(61)24-11-68-41(54-24)28(12-69-6)52-39(66)30(20(5)58)57-38(65)27-15-72-43(21)56-27/h7-8,10-11,13-15,19-20,28,30,58H,1-3,9,12H2,4-6H3,(H2,44,59)(H,45,61)(H,46,62)(H,47,64)(H,48,60)(H,49,63)(H,52,66)(H,57,65)/t19-,20+,28+,30+/m1/s1. The lowest BCUT2D eigenvalue weighted by atomic mass is 10.1. The van der Waals surface area contributed by atoms with E-state index in [0.29, 0.717) is 10.0 Å². The predicted molar refractivity (Wildman–Crippen MR) is 260 cm³/mol. The summed E-state index contributed by atoms with van der Waals surface area (Å²) in [5.74, 6) is -6.60. The van der Waals surface area contributed by atoms with Gasteiger partial charge >= 0.3 is 0 Å². The Morgan fingerprint density at radius 1 is 0.819 bits per heavy atom. The van der Waals surface area contributed by atoms with E-state index in [-0.39, 0.29) is 80.2 Å². The fourth-order valence-corrected chi connectivity index (χ4v) is 9.11. The molecule has 1 aliphatic rings. The van der Waals surface area contributed by atoms with Crippen molar-refractivity contribution in [2.45, 2.75) is 44.6 Å². The number of nitrogens with zero attached hydrogens (tertiary/aromatic N) is 6. The highest BCUT2D eigenvalue weighted by Gasteiger charge is 2.32. The summed E-state index contributed by atoms with van der Waals surface area (Å²) in [6, 6.07) is -0.454. The van der Waals surface area contributed by atoms with Crippen LogP contribution >= 0.6 is 45.8 Å². The molecule has 7 rings (SSSR count). The summed E-state index contributed by atoms with van der Waals surface area (Å²) in [4.78, 5) is 131. The first-order valence-electron chi connectivity index (χ1n) is 20.8. The number of aliphatic hydroxyl groups excluding tert-OH is 1. The Bertz CT molecular complexity index is 3190. The van der Waals surface area contributed by atoms with E-state index in [4.69, 9.17) is 14.6 Å². The highest BCUT2D eigenvalue weighted by molar-refractivity contribution is 7.98. The molecule has 7 heterocycles. The molecule has 29 heteroatoms. The van der Waals surface area contributed by atoms with Crippen molar-refractivity contribution in [1.82, 2.24) is 67.1 Å². The number of aromatic nitrogens is 6. The number of rotatable bonds is 6. The van der Waals surface area contributed by atoms with Crippen LogP contribution in [0, 0.1) is 0 Å². The van der Waals surface area contributed by atoms with Crippen LogP contribution in [0.25, 0.3) is 27.7 Å². The number of thioether (sulfide) groups is 1. The molecule has 6 aromatic rings. The average Bonchev–Trinajstić information content (AvgIpc) is 4.21. The second kappa shape index (κ2) is 22.2. The van der Waals surface area contributed by atoms with Crippen molar-refractivity contribution in [3.63, 3.8) is 0 Å². The average molecular weight is 1060 g/mol. The lowest BCUT2D eigenvalue weighted by molar-refractivity contribution is -0.126. The van der Waals surface area contributed by atoms with Crippen LogP contribution in [0.4, 0.5) is 0 Å². The van der Waals surface area contributed by atoms with Crippen molar-refractivity contribution in [3.8, 4) is 22.0 Å². The molecule has 10 bridgehead atoms. The lowest BCUT2D eigenvalue weighted by Gasteiger charge is -2.23. The quantitative estimate of drug-likeness (QED) is 0.108. The van der Waals surface area contributed by atoms with Gasteiger partial charge in [-0.25, -0.2) is 29.9 Å². The molecule has 0 aromatic carbocycles. The van der Waals surface area contributed by atoms with Crippen LogP contribution in [0.5, 0.6) is 0 Å². The summed E-state index contributed by atoms with van der Waals surface area (Å²) in [7, 11) is 0. The third kappa shape index (κ3) is 12.0. The topological polar surface area (TPSA) is 371 Å². The Kier molecular flexibility index (Phi) is 15.9. The minimum Gasteiger partial charge on any atom is -0.446 e. The van der Waals surface area contributed by atoms with Gasteiger partial charge in [-0.15, -0.1) is 34.0 Å². The Hall–Kier alpha value is -8.25. The number of oxazole rings is 2. The van der Waals surface area contributed by atoms with Crippen LogP contribution < -0.4 is 43.0 Å². The molecule has 0 saturated carbocycles. The van der Waals surface area contributed by atoms with Crippen molar-refractivity contribution in [2.24, 2.45) is 5.73 Å². The Balaban J connectivity index is 1.20. The third-order valence-corrected chi connectivity index (χ3v) is 13.3. The van der Waals surface area contributed by atoms with Crippen molar-refractivity contribution in [1.29, 1.82) is 0 Å². The molecule has 6 aromatic heterocycles. The summed E-state index contributed by atoms with van der Waals surface area (Å²) in [6.07, 6.45) is 2.53. The van der Waals surface area contributed by atoms with E-state index in [0.717, 1.165) is 46.5 Å². The van der Waals surface area contributed by atoms with Crippen LogP contribution in [0.15, 0.2) is 80.8 Å². The predicted octanol–water partition coefficient (Wildman–Crippen LogP) is 1.95. The molecule has 10 N–H and O–H groups in total. The number of fused-ring (bicyclic) bond motifs is 13. The second-order valence-electron chi connectivity index (χ2n) is 15.2. The van der Waals surface area contributed by atoms with Gasteiger partial charge in [-0.05, 0) is 32.2 Å². The Labute approximate surface area is 422 Å². The zero-order valence-corrected chi connectivity index (χ0v) is 41.1. The number of hydrogen-bond acceptors (Lipinski definition) is 21. The van der Waals surface area contributed by atoms with Gasteiger partial charge in [0, 0.05) is 27.5 Å². The van der Waals surface area contributed by atoms with Crippen molar-refractivity contribution >= 4 is 98.7 Å². The molecule has 25 nitrogen and oxygen atoms in total. The number of hydrogen-bond donors (Lipinski definition) is 9. The summed E-state index contributed by atoms with van der Waals surface area (Å²) < 4.78 is 11.2. The van der Waals surface area contributed by atoms with Gasteiger partial charge in [0.2, 0.25) is 17.7 Å². The van der Waals surface area contributed by atoms with Crippen molar-refractivity contribution < 1.29 is 52.3 Å². The van der Waals surface area contributed by atoms with Gasteiger partial charge in [-0.3, -0.25) is 38.4 Å². The third-order valence-electron chi connectivity index (χ3n) is 9.88. The van der Waals surface area contributed by atoms with Crippen LogP contribution in [0.2, 0.25) is 0 Å². The maximum Gasteiger partial charge on any atom is 0.275 e. The van der Waals surface area contributed by atoms with Crippen molar-refractivity contribution in [2.75, 3.05) is 12.0 Å². The van der Waals surface area contributed by atoms with E-state index < -0.39 is 82.9 Å². The second-order valence-corrected chi connectivity index (χ2v) is 18.8. The maximum absolute atomic E-state index is 13.7. The molecule has 372 valence electrons. The molecule has 0 saturated heterocycles. The van der Waals surface area contributed by atoms with Crippen LogP contribution in [0.1, 0.15) is 100 Å². The molecular formula is C43H40N14O11S4. The summed E-state index contributed by atoms with van der Waals surface area (Å²) in [5.41, 5.74) is 3.72. The van der Waals surface area contributed by atoms with E-state index >= 15 is 0 Å². The number of carbonyl (C=O) groups excluding carboxylic acids is 8. The summed E-state index contributed by atoms with van der Waals surface area (Å²) >= 11 is 4.45. The first-order valence-corrected chi connectivity index (χ1v) is 24.8. The highest BCUT2D eigenvalue weighted by atomic mass is 32.2. The lowest BCUT2D eigenvalue weighted by Crippen LogP contribution is -2.53. The molecule has 8 amide bonds. The SMILES string of the molecule is C=C(NC(=O)c1ccc2c(n1)-c1coc(n1)C(=C)NC(=O)C(=C)NC(=O)c1csc(n1)[C@@H](C)NC(=O)c1csc(n1)CNC(=O)c1coc(n1)[C@H](CSC)NC(=O)[C@H]([C@H](C)O)NC(=O)c1csc-2n1)C(N)=O. The van der Waals surface area contributed by atoms with Crippen LogP contribution in [0.3, 0.4) is 0 Å². The zero-order chi connectivity index (χ0) is 52.0. The highest BCUT2D eigenvalue weighted by Crippen LogP contribution is 2.33. The first kappa shape index (κ1) is 51.6. The van der Waals surface area contributed by atoms with Gasteiger partial charge in [-0.1, -0.05) is 19.7 Å². The maximum atomic E-state index is 13.7. The van der Waals surface area contributed by atoms with Crippen LogP contribution in [-0.4, -0.2) is 106 Å². The largest absolute Gasteiger partial charge is 0.446 e. The molecular weight excluding hydrogens is 1020 g/mol. The first-order chi connectivity index (χ1) is 34.3. The van der Waals surface area contributed by atoms with Crippen LogP contribution in [-0.2, 0) is 20.9 Å². The Morgan fingerprint density at radius 3 is 2.24 bits per heavy atom. The molecule has 0 fully saturated rings. The fraction of sp³-hybridized carbons (Fsp3) is 0.209. The number of thiazole rings is 3. The number of nitrogens with one attached hydrogen (secondary N) is 7. The number of aliphatic hydroxyl groups is 1. The minimum atomic E-state index is -1.54. The van der Waals surface area contributed by atoms with Gasteiger partial charge in [-0.2, -0.15) is 11.8 Å². The number of primary amides is 1. The molecule has 0 aliphatic carbocycles. The van der Waals surface area contributed by atoms with Gasteiger partial charge < -0.3 is 56.9 Å². The molecule has 4 atom stereocenters. The summed E-state index contributed by atoms with van der Waals surface area (Å²) in [6.45, 7) is 13.7. The van der Waals surface area contributed by atoms with E-state index in [1.807, 2.05) is 0 Å². The zero-order valence-electron chi connectivity index (χ0n) is 37.8. The van der Waals surface area contributed by atoms with Gasteiger partial charge in [0.1, 0.15) is 73.8 Å². The van der Waals surface area contributed by atoms with Crippen molar-refractivity contribution in [3.05, 3.63) is 122 Å². The summed E-state index contributed by atoms with van der Waals surface area (Å²) in [5, 5.41) is 33.5. The Morgan fingerprint density at radius 2 is 1.50 bits per heavy atom. The molecule has 0 unspecified atom stereocenters. The van der Waals surface area contributed by atoms with Gasteiger partial charge in [0.25, 0.3) is 41.4 Å².